The van der Waals surface area contributed by atoms with Crippen molar-refractivity contribution < 1.29 is 47.8 Å². The van der Waals surface area contributed by atoms with E-state index in [1.54, 1.807) is 0 Å². The van der Waals surface area contributed by atoms with Crippen molar-refractivity contribution in [2.24, 2.45) is 0 Å². The summed E-state index contributed by atoms with van der Waals surface area (Å²) in [5.74, 6) is -2.47. The maximum Gasteiger partial charge on any atom is 0.472 e. The standard InChI is InChI=1S/C45H76NO10P/c1-3-5-7-9-11-13-15-17-19-21-22-24-26-28-30-32-34-36-43(48)46-42(45(50)51)40-56-57(52,53)55-39-41(47)38-54-44(49)37-35-33-31-29-27-25-23-20-18-16-14-12-10-8-6-4-2/h5,7,11,13,17,19-20,22-24,28,30,41-42,47H,3-4,6,8-10,12,14-16,18,21,25-27,29,31-40H2,1-2H3,(H,46,48)(H,50,51)(H,52,53)/b7-5-,13-11-,19-17-,23-20-,24-22-,30-28-. The number of rotatable bonds is 39. The van der Waals surface area contributed by atoms with Crippen LogP contribution in [-0.4, -0.2) is 64.9 Å². The van der Waals surface area contributed by atoms with Crippen LogP contribution < -0.4 is 5.32 Å². The molecule has 0 fully saturated rings. The minimum absolute atomic E-state index is 0.0631. The van der Waals surface area contributed by atoms with Gasteiger partial charge in [-0.15, -0.1) is 0 Å². The highest BCUT2D eigenvalue weighted by atomic mass is 31.2. The summed E-state index contributed by atoms with van der Waals surface area (Å²) in [4.78, 5) is 45.8. The fourth-order valence-corrected chi connectivity index (χ4v) is 6.18. The number of aliphatic hydroxyl groups is 1. The Morgan fingerprint density at radius 2 is 1.04 bits per heavy atom. The molecule has 3 unspecified atom stereocenters. The van der Waals surface area contributed by atoms with E-state index in [9.17, 15) is 34.1 Å². The number of amides is 1. The number of esters is 1. The van der Waals surface area contributed by atoms with E-state index in [1.165, 1.54) is 44.9 Å². The zero-order valence-electron chi connectivity index (χ0n) is 35.1. The van der Waals surface area contributed by atoms with Gasteiger partial charge in [-0.05, 0) is 77.0 Å². The number of aliphatic carboxylic acids is 1. The van der Waals surface area contributed by atoms with Gasteiger partial charge in [-0.1, -0.05) is 145 Å². The molecule has 0 heterocycles. The van der Waals surface area contributed by atoms with Crippen molar-refractivity contribution in [2.75, 3.05) is 19.8 Å². The lowest BCUT2D eigenvalue weighted by atomic mass is 10.1. The van der Waals surface area contributed by atoms with Crippen LogP contribution in [0.4, 0.5) is 0 Å². The quantitative estimate of drug-likeness (QED) is 0.0203. The van der Waals surface area contributed by atoms with Crippen molar-refractivity contribution in [1.29, 1.82) is 0 Å². The molecule has 0 aliphatic heterocycles. The van der Waals surface area contributed by atoms with Gasteiger partial charge < -0.3 is 25.2 Å². The Morgan fingerprint density at radius 1 is 0.579 bits per heavy atom. The smallest absolute Gasteiger partial charge is 0.472 e. The van der Waals surface area contributed by atoms with E-state index in [-0.39, 0.29) is 12.8 Å². The minimum atomic E-state index is -4.78. The third-order valence-electron chi connectivity index (χ3n) is 8.73. The molecule has 0 aromatic heterocycles. The van der Waals surface area contributed by atoms with Crippen molar-refractivity contribution in [3.63, 3.8) is 0 Å². The van der Waals surface area contributed by atoms with Crippen LogP contribution in [0.3, 0.4) is 0 Å². The molecule has 0 saturated heterocycles. The number of unbranched alkanes of at least 4 members (excludes halogenated alkanes) is 13. The van der Waals surface area contributed by atoms with E-state index in [0.717, 1.165) is 70.6 Å². The Hall–Kier alpha value is -3.08. The van der Waals surface area contributed by atoms with Crippen LogP contribution in [0.2, 0.25) is 0 Å². The summed E-state index contributed by atoms with van der Waals surface area (Å²) in [5.41, 5.74) is 0. The minimum Gasteiger partial charge on any atom is -0.480 e. The third kappa shape index (κ3) is 39.5. The molecule has 0 saturated carbocycles. The number of hydrogen-bond acceptors (Lipinski definition) is 8. The van der Waals surface area contributed by atoms with Crippen molar-refractivity contribution in [3.05, 3.63) is 72.9 Å². The number of hydrogen-bond donors (Lipinski definition) is 4. The largest absolute Gasteiger partial charge is 0.480 e. The zero-order chi connectivity index (χ0) is 42.1. The normalized spacial score (nSPS) is 14.5. The lowest BCUT2D eigenvalue weighted by molar-refractivity contribution is -0.147. The molecule has 0 radical (unpaired) electrons. The van der Waals surface area contributed by atoms with Crippen LogP contribution in [-0.2, 0) is 32.7 Å². The third-order valence-corrected chi connectivity index (χ3v) is 9.68. The molecule has 3 atom stereocenters. The van der Waals surface area contributed by atoms with Gasteiger partial charge in [-0.2, -0.15) is 0 Å². The van der Waals surface area contributed by atoms with E-state index >= 15 is 0 Å². The van der Waals surface area contributed by atoms with E-state index in [2.05, 4.69) is 79.9 Å². The van der Waals surface area contributed by atoms with Gasteiger partial charge in [0.05, 0.1) is 13.2 Å². The Labute approximate surface area is 344 Å². The number of carbonyl (C=O) groups excluding carboxylic acids is 2. The van der Waals surface area contributed by atoms with Gasteiger partial charge in [-0.3, -0.25) is 18.6 Å². The van der Waals surface area contributed by atoms with E-state index in [0.29, 0.717) is 19.3 Å². The molecule has 0 spiro atoms. The number of allylic oxidation sites excluding steroid dienone is 12. The first-order valence-corrected chi connectivity index (χ1v) is 23.0. The summed E-state index contributed by atoms with van der Waals surface area (Å²) in [6, 6.07) is -1.58. The highest BCUT2D eigenvalue weighted by Gasteiger charge is 2.28. The second-order valence-electron chi connectivity index (χ2n) is 14.1. The van der Waals surface area contributed by atoms with Crippen LogP contribution in [0.15, 0.2) is 72.9 Å². The second-order valence-corrected chi connectivity index (χ2v) is 15.6. The van der Waals surface area contributed by atoms with Crippen molar-refractivity contribution in [3.8, 4) is 0 Å². The van der Waals surface area contributed by atoms with Gasteiger partial charge in [0.15, 0.2) is 6.04 Å². The topological polar surface area (TPSA) is 169 Å². The maximum absolute atomic E-state index is 12.3. The molecule has 11 nitrogen and oxygen atoms in total. The molecule has 57 heavy (non-hydrogen) atoms. The van der Waals surface area contributed by atoms with Gasteiger partial charge >= 0.3 is 19.8 Å². The number of carboxylic acids is 1. The lowest BCUT2D eigenvalue weighted by Crippen LogP contribution is -2.43. The fourth-order valence-electron chi connectivity index (χ4n) is 5.40. The van der Waals surface area contributed by atoms with Gasteiger partial charge in [0.1, 0.15) is 12.7 Å². The maximum atomic E-state index is 12.3. The molecule has 1 amide bonds. The molecule has 0 aliphatic rings. The average Bonchev–Trinajstić information content (AvgIpc) is 3.18. The molecular weight excluding hydrogens is 745 g/mol. The molecular formula is C45H76NO10P. The molecule has 0 aromatic rings. The molecule has 12 heteroatoms. The van der Waals surface area contributed by atoms with Crippen molar-refractivity contribution >= 4 is 25.7 Å². The summed E-state index contributed by atoms with van der Waals surface area (Å²) in [7, 11) is -4.78. The first-order chi connectivity index (χ1) is 27.6. The van der Waals surface area contributed by atoms with Crippen LogP contribution in [0.25, 0.3) is 0 Å². The summed E-state index contributed by atoms with van der Waals surface area (Å²) in [6.07, 6.45) is 46.5. The molecule has 0 aliphatic carbocycles. The summed E-state index contributed by atoms with van der Waals surface area (Å²) >= 11 is 0. The Bertz CT molecular complexity index is 1240. The first kappa shape index (κ1) is 53.9. The number of carboxylic acid groups (broad SMARTS) is 1. The van der Waals surface area contributed by atoms with Crippen molar-refractivity contribution in [1.82, 2.24) is 5.32 Å². The Morgan fingerprint density at radius 3 is 1.58 bits per heavy atom. The van der Waals surface area contributed by atoms with Crippen LogP contribution in [0, 0.1) is 0 Å². The Balaban J connectivity index is 4.02. The van der Waals surface area contributed by atoms with Crippen LogP contribution >= 0.6 is 7.82 Å². The average molecular weight is 822 g/mol. The van der Waals surface area contributed by atoms with Crippen LogP contribution in [0.5, 0.6) is 0 Å². The number of phosphoric ester groups is 1. The van der Waals surface area contributed by atoms with Gasteiger partial charge in [0.25, 0.3) is 0 Å². The highest BCUT2D eigenvalue weighted by molar-refractivity contribution is 7.47. The first-order valence-electron chi connectivity index (χ1n) is 21.5. The Kier molecular flexibility index (Phi) is 37.6. The van der Waals surface area contributed by atoms with Crippen molar-refractivity contribution in [2.45, 2.75) is 174 Å². The van der Waals surface area contributed by atoms with Crippen LogP contribution in [0.1, 0.15) is 162 Å². The van der Waals surface area contributed by atoms with Gasteiger partial charge in [-0.25, -0.2) is 9.36 Å². The number of ether oxygens (including phenoxy) is 1. The molecule has 0 rings (SSSR count). The van der Waals surface area contributed by atoms with Gasteiger partial charge in [0, 0.05) is 12.8 Å². The zero-order valence-corrected chi connectivity index (χ0v) is 36.0. The second kappa shape index (κ2) is 39.7. The molecule has 326 valence electrons. The van der Waals surface area contributed by atoms with Gasteiger partial charge in [0.2, 0.25) is 5.91 Å². The monoisotopic (exact) mass is 822 g/mol. The molecule has 0 bridgehead atoms. The van der Waals surface area contributed by atoms with E-state index < -0.39 is 57.6 Å². The number of nitrogens with one attached hydrogen (secondary N) is 1. The number of aliphatic hydroxyl groups excluding tert-OH is 1. The SMILES string of the molecule is CC/C=C\C/C=C\C/C=C\C/C=C\C/C=C\CCCC(=O)NC(COP(=O)(O)OCC(O)COC(=O)CCCCCCC/C=C\CCCCCCCCC)C(=O)O. The lowest BCUT2D eigenvalue weighted by Gasteiger charge is -2.18. The summed E-state index contributed by atoms with van der Waals surface area (Å²) in [5, 5.41) is 21.8. The predicted octanol–water partition coefficient (Wildman–Crippen LogP) is 10.9. The predicted molar refractivity (Wildman–Crippen MR) is 231 cm³/mol. The molecule has 4 N–H and O–H groups in total. The fraction of sp³-hybridized carbons (Fsp3) is 0.667. The number of carbonyl (C=O) groups is 3. The summed E-state index contributed by atoms with van der Waals surface area (Å²) in [6.45, 7) is 2.41. The summed E-state index contributed by atoms with van der Waals surface area (Å²) < 4.78 is 26.8. The molecule has 0 aromatic carbocycles. The van der Waals surface area contributed by atoms with E-state index in [1.807, 2.05) is 12.2 Å². The van der Waals surface area contributed by atoms with E-state index in [4.69, 9.17) is 13.8 Å². The number of phosphoric acid groups is 1. The highest BCUT2D eigenvalue weighted by Crippen LogP contribution is 2.43.